The van der Waals surface area contributed by atoms with E-state index in [1.165, 1.54) is 6.42 Å². The lowest BCUT2D eigenvalue weighted by molar-refractivity contribution is 0.0691. The monoisotopic (exact) mass is 262 g/mol. The molecule has 0 amide bonds. The average molecular weight is 262 g/mol. The number of carboxylic acid groups (broad SMARTS) is 1. The van der Waals surface area contributed by atoms with Crippen molar-refractivity contribution in [3.63, 3.8) is 0 Å². The van der Waals surface area contributed by atoms with Crippen LogP contribution in [0.5, 0.6) is 0 Å². The molecule has 4 nitrogen and oxygen atoms in total. The molecule has 1 aliphatic rings. The van der Waals surface area contributed by atoms with Crippen LogP contribution in [0, 0.1) is 5.41 Å². The summed E-state index contributed by atoms with van der Waals surface area (Å²) in [6.07, 6.45) is 2.88. The van der Waals surface area contributed by atoms with Gasteiger partial charge in [-0.1, -0.05) is 13.8 Å². The van der Waals surface area contributed by atoms with E-state index in [1.807, 2.05) is 5.38 Å². The SMILES string of the molecule is CC1(C)CC1c1nc(-c2c[nH]c(C(=O)O)c2)cs1. The molecule has 0 radical (unpaired) electrons. The van der Waals surface area contributed by atoms with E-state index in [-0.39, 0.29) is 5.69 Å². The number of aromatic nitrogens is 2. The molecule has 0 saturated heterocycles. The van der Waals surface area contributed by atoms with Crippen LogP contribution in [0.4, 0.5) is 0 Å². The molecule has 1 fully saturated rings. The Morgan fingerprint density at radius 1 is 1.61 bits per heavy atom. The smallest absolute Gasteiger partial charge is 0.352 e. The molecule has 1 unspecified atom stereocenters. The summed E-state index contributed by atoms with van der Waals surface area (Å²) in [4.78, 5) is 18.2. The zero-order valence-corrected chi connectivity index (χ0v) is 11.0. The number of nitrogens with one attached hydrogen (secondary N) is 1. The first kappa shape index (κ1) is 11.5. The van der Waals surface area contributed by atoms with E-state index in [0.29, 0.717) is 11.3 Å². The largest absolute Gasteiger partial charge is 0.477 e. The number of H-pyrrole nitrogens is 1. The Morgan fingerprint density at radius 2 is 2.33 bits per heavy atom. The van der Waals surface area contributed by atoms with Crippen molar-refractivity contribution >= 4 is 17.3 Å². The highest BCUT2D eigenvalue weighted by Gasteiger charge is 2.48. The van der Waals surface area contributed by atoms with Crippen LogP contribution < -0.4 is 0 Å². The third-order valence-corrected chi connectivity index (χ3v) is 4.50. The van der Waals surface area contributed by atoms with Gasteiger partial charge in [-0.25, -0.2) is 9.78 Å². The Balaban J connectivity index is 1.86. The molecular weight excluding hydrogens is 248 g/mol. The third-order valence-electron chi connectivity index (χ3n) is 3.54. The maximum Gasteiger partial charge on any atom is 0.352 e. The molecule has 2 aromatic rings. The molecule has 2 N–H and O–H groups in total. The van der Waals surface area contributed by atoms with Crippen molar-refractivity contribution in [3.05, 3.63) is 28.3 Å². The van der Waals surface area contributed by atoms with Gasteiger partial charge in [0.15, 0.2) is 0 Å². The molecule has 0 aromatic carbocycles. The lowest BCUT2D eigenvalue weighted by atomic mass is 10.1. The fourth-order valence-electron chi connectivity index (χ4n) is 2.13. The van der Waals surface area contributed by atoms with E-state index >= 15 is 0 Å². The van der Waals surface area contributed by atoms with Crippen molar-refractivity contribution in [2.45, 2.75) is 26.2 Å². The second kappa shape index (κ2) is 3.68. The quantitative estimate of drug-likeness (QED) is 0.891. The predicted octanol–water partition coefficient (Wildman–Crippen LogP) is 3.35. The summed E-state index contributed by atoms with van der Waals surface area (Å²) in [5.74, 6) is -0.380. The molecule has 0 bridgehead atoms. The summed E-state index contributed by atoms with van der Waals surface area (Å²) in [5.41, 5.74) is 2.28. The van der Waals surface area contributed by atoms with Gasteiger partial charge in [-0.3, -0.25) is 0 Å². The second-order valence-corrected chi connectivity index (χ2v) is 6.31. The van der Waals surface area contributed by atoms with Gasteiger partial charge in [0.05, 0.1) is 10.7 Å². The van der Waals surface area contributed by atoms with Gasteiger partial charge in [0.1, 0.15) is 5.69 Å². The van der Waals surface area contributed by atoms with E-state index in [0.717, 1.165) is 16.3 Å². The van der Waals surface area contributed by atoms with Crippen molar-refractivity contribution in [1.29, 1.82) is 0 Å². The highest BCUT2D eigenvalue weighted by atomic mass is 32.1. The zero-order valence-electron chi connectivity index (χ0n) is 10.2. The fourth-order valence-corrected chi connectivity index (χ4v) is 3.27. The molecule has 94 valence electrons. The molecule has 1 aliphatic carbocycles. The molecule has 18 heavy (non-hydrogen) atoms. The zero-order chi connectivity index (χ0) is 12.9. The molecule has 2 heterocycles. The number of aromatic carboxylic acids is 1. The summed E-state index contributed by atoms with van der Waals surface area (Å²) < 4.78 is 0. The van der Waals surface area contributed by atoms with Gasteiger partial charge in [0.2, 0.25) is 0 Å². The first-order valence-electron chi connectivity index (χ1n) is 5.85. The van der Waals surface area contributed by atoms with Crippen LogP contribution in [-0.4, -0.2) is 21.0 Å². The lowest BCUT2D eigenvalue weighted by Gasteiger charge is -1.97. The third kappa shape index (κ3) is 1.84. The molecule has 1 atom stereocenters. The minimum absolute atomic E-state index is 0.200. The summed E-state index contributed by atoms with van der Waals surface area (Å²) in [5, 5.41) is 12.0. The molecule has 5 heteroatoms. The van der Waals surface area contributed by atoms with Gasteiger partial charge < -0.3 is 10.1 Å². The Morgan fingerprint density at radius 3 is 2.89 bits per heavy atom. The van der Waals surface area contributed by atoms with E-state index in [4.69, 9.17) is 5.11 Å². The van der Waals surface area contributed by atoms with Gasteiger partial charge in [0, 0.05) is 23.1 Å². The molecule has 2 aromatic heterocycles. The highest BCUT2D eigenvalue weighted by molar-refractivity contribution is 7.10. The summed E-state index contributed by atoms with van der Waals surface area (Å²) >= 11 is 1.66. The first-order valence-corrected chi connectivity index (χ1v) is 6.73. The van der Waals surface area contributed by atoms with Gasteiger partial charge in [-0.05, 0) is 17.9 Å². The number of hydrogen-bond donors (Lipinski definition) is 2. The van der Waals surface area contributed by atoms with Crippen LogP contribution in [-0.2, 0) is 0 Å². The number of carbonyl (C=O) groups is 1. The molecule has 0 spiro atoms. The fraction of sp³-hybridized carbons (Fsp3) is 0.385. The van der Waals surface area contributed by atoms with E-state index in [2.05, 4.69) is 23.8 Å². The van der Waals surface area contributed by atoms with E-state index in [9.17, 15) is 4.79 Å². The van der Waals surface area contributed by atoms with Gasteiger partial charge in [-0.15, -0.1) is 11.3 Å². The van der Waals surface area contributed by atoms with Crippen LogP contribution in [0.15, 0.2) is 17.6 Å². The van der Waals surface area contributed by atoms with Gasteiger partial charge in [0.25, 0.3) is 0 Å². The minimum atomic E-state index is -0.944. The second-order valence-electron chi connectivity index (χ2n) is 5.42. The van der Waals surface area contributed by atoms with Crippen LogP contribution in [0.1, 0.15) is 41.7 Å². The Hall–Kier alpha value is -1.62. The number of thiazole rings is 1. The van der Waals surface area contributed by atoms with Crippen LogP contribution in [0.25, 0.3) is 11.3 Å². The molecular formula is C13H14N2O2S. The van der Waals surface area contributed by atoms with Crippen molar-refractivity contribution in [2.24, 2.45) is 5.41 Å². The topological polar surface area (TPSA) is 66.0 Å². The first-order chi connectivity index (χ1) is 8.47. The standard InChI is InChI=1S/C13H14N2O2S/c1-13(2)4-8(13)11-15-10(6-18-11)7-3-9(12(16)17)14-5-7/h3,5-6,8,14H,4H2,1-2H3,(H,16,17). The van der Waals surface area contributed by atoms with Gasteiger partial charge in [-0.2, -0.15) is 0 Å². The van der Waals surface area contributed by atoms with Crippen molar-refractivity contribution < 1.29 is 9.90 Å². The maximum atomic E-state index is 10.8. The van der Waals surface area contributed by atoms with E-state index in [1.54, 1.807) is 23.6 Å². The highest BCUT2D eigenvalue weighted by Crippen LogP contribution is 2.59. The van der Waals surface area contributed by atoms with Crippen LogP contribution in [0.3, 0.4) is 0 Å². The lowest BCUT2D eigenvalue weighted by Crippen LogP contribution is -1.94. The van der Waals surface area contributed by atoms with Crippen molar-refractivity contribution in [3.8, 4) is 11.3 Å². The molecule has 3 rings (SSSR count). The Labute approximate surface area is 109 Å². The van der Waals surface area contributed by atoms with Gasteiger partial charge >= 0.3 is 5.97 Å². The average Bonchev–Trinajstić information content (AvgIpc) is 2.82. The van der Waals surface area contributed by atoms with Crippen molar-refractivity contribution in [1.82, 2.24) is 9.97 Å². The number of nitrogens with zero attached hydrogens (tertiary/aromatic N) is 1. The van der Waals surface area contributed by atoms with E-state index < -0.39 is 5.97 Å². The molecule has 0 aliphatic heterocycles. The normalized spacial score (nSPS) is 20.9. The van der Waals surface area contributed by atoms with Crippen molar-refractivity contribution in [2.75, 3.05) is 0 Å². The summed E-state index contributed by atoms with van der Waals surface area (Å²) in [6.45, 7) is 4.50. The Bertz CT molecular complexity index is 612. The molecule has 1 saturated carbocycles. The van der Waals surface area contributed by atoms with Crippen LogP contribution >= 0.6 is 11.3 Å². The minimum Gasteiger partial charge on any atom is -0.477 e. The number of rotatable bonds is 3. The number of carboxylic acids is 1. The summed E-state index contributed by atoms with van der Waals surface area (Å²) in [6, 6.07) is 1.62. The maximum absolute atomic E-state index is 10.8. The number of hydrogen-bond acceptors (Lipinski definition) is 3. The summed E-state index contributed by atoms with van der Waals surface area (Å²) in [7, 11) is 0. The van der Waals surface area contributed by atoms with Crippen LogP contribution in [0.2, 0.25) is 0 Å². The number of aromatic amines is 1. The predicted molar refractivity (Wildman–Crippen MR) is 70.0 cm³/mol. The Kier molecular flexibility index (Phi) is 2.35.